The number of rotatable bonds is 3. The molecule has 1 atom stereocenters. The van der Waals surface area contributed by atoms with Crippen molar-refractivity contribution >= 4 is 0 Å². The van der Waals surface area contributed by atoms with Gasteiger partial charge in [0, 0.05) is 6.54 Å². The fourth-order valence-corrected chi connectivity index (χ4v) is 0.577. The molecule has 0 aliphatic rings. The molecule has 0 spiro atoms. The van der Waals surface area contributed by atoms with Gasteiger partial charge in [-0.1, -0.05) is 13.8 Å². The van der Waals surface area contributed by atoms with Crippen molar-refractivity contribution in [2.75, 3.05) is 6.54 Å². The summed E-state index contributed by atoms with van der Waals surface area (Å²) in [5, 5.41) is 0. The van der Waals surface area contributed by atoms with Crippen molar-refractivity contribution in [1.29, 1.82) is 0 Å². The van der Waals surface area contributed by atoms with E-state index in [4.69, 9.17) is 5.73 Å². The molecule has 0 bridgehead atoms. The Morgan fingerprint density at radius 1 is 1.40 bits per heavy atom. The summed E-state index contributed by atoms with van der Waals surface area (Å²) in [6.07, 6.45) is -2.99. The maximum absolute atomic E-state index is 12.9. The zero-order valence-electron chi connectivity index (χ0n) is 6.07. The van der Waals surface area contributed by atoms with Gasteiger partial charge in [-0.15, -0.1) is 0 Å². The highest BCUT2D eigenvalue weighted by atomic mass is 19.3. The second kappa shape index (κ2) is 3.23. The molecule has 1 nitrogen and oxygen atoms in total. The van der Waals surface area contributed by atoms with Gasteiger partial charge in [0.05, 0.1) is 0 Å². The summed E-state index contributed by atoms with van der Waals surface area (Å²) < 4.78 is 36.7. The summed E-state index contributed by atoms with van der Waals surface area (Å²) >= 11 is 0. The number of alkyl halides is 3. The highest BCUT2D eigenvalue weighted by Crippen LogP contribution is 2.27. The van der Waals surface area contributed by atoms with E-state index < -0.39 is 24.6 Å². The van der Waals surface area contributed by atoms with Crippen molar-refractivity contribution in [3.63, 3.8) is 0 Å². The minimum absolute atomic E-state index is 0.623. The van der Waals surface area contributed by atoms with Gasteiger partial charge in [-0.25, -0.2) is 13.2 Å². The first kappa shape index (κ1) is 9.75. The van der Waals surface area contributed by atoms with Gasteiger partial charge in [0.25, 0.3) is 6.43 Å². The molecule has 1 unspecified atom stereocenters. The quantitative estimate of drug-likeness (QED) is 0.657. The van der Waals surface area contributed by atoms with E-state index in [-0.39, 0.29) is 0 Å². The zero-order valence-corrected chi connectivity index (χ0v) is 6.07. The molecular weight excluding hydrogens is 143 g/mol. The third kappa shape index (κ3) is 1.62. The van der Waals surface area contributed by atoms with Gasteiger partial charge in [0.2, 0.25) is 0 Å². The van der Waals surface area contributed by atoms with Crippen molar-refractivity contribution < 1.29 is 13.2 Å². The van der Waals surface area contributed by atoms with E-state index in [0.717, 1.165) is 0 Å². The predicted molar refractivity (Wildman–Crippen MR) is 33.7 cm³/mol. The molecule has 4 heteroatoms. The van der Waals surface area contributed by atoms with Gasteiger partial charge >= 0.3 is 0 Å². The summed E-state index contributed by atoms with van der Waals surface area (Å²) in [5.74, 6) is -0.738. The smallest absolute Gasteiger partial charge is 0.273 e. The molecule has 0 aromatic carbocycles. The normalized spacial score (nSPS) is 18.0. The van der Waals surface area contributed by atoms with Crippen LogP contribution >= 0.6 is 0 Å². The lowest BCUT2D eigenvalue weighted by molar-refractivity contribution is -0.0580. The molecule has 10 heavy (non-hydrogen) atoms. The van der Waals surface area contributed by atoms with Crippen LogP contribution < -0.4 is 5.73 Å². The summed E-state index contributed by atoms with van der Waals surface area (Å²) in [6.45, 7) is 2.15. The third-order valence-corrected chi connectivity index (χ3v) is 1.64. The molecule has 0 fully saturated rings. The van der Waals surface area contributed by atoms with Gasteiger partial charge in [-0.3, -0.25) is 0 Å². The second-order valence-corrected chi connectivity index (χ2v) is 2.59. The van der Waals surface area contributed by atoms with E-state index in [9.17, 15) is 13.2 Å². The second-order valence-electron chi connectivity index (χ2n) is 2.59. The van der Waals surface area contributed by atoms with Crippen LogP contribution in [0.4, 0.5) is 13.2 Å². The van der Waals surface area contributed by atoms with Crippen molar-refractivity contribution in [2.45, 2.75) is 25.9 Å². The average molecular weight is 155 g/mol. The van der Waals surface area contributed by atoms with Crippen molar-refractivity contribution in [3.05, 3.63) is 0 Å². The van der Waals surface area contributed by atoms with Crippen molar-refractivity contribution in [3.8, 4) is 0 Å². The molecule has 0 aliphatic heterocycles. The van der Waals surface area contributed by atoms with E-state index in [0.29, 0.717) is 0 Å². The van der Waals surface area contributed by atoms with Crippen LogP contribution in [0.15, 0.2) is 0 Å². The van der Waals surface area contributed by atoms with Crippen molar-refractivity contribution in [2.24, 2.45) is 11.7 Å². The number of nitrogens with two attached hydrogens (primary N) is 1. The Hall–Kier alpha value is -0.250. The van der Waals surface area contributed by atoms with Crippen LogP contribution in [-0.2, 0) is 0 Å². The predicted octanol–water partition coefficient (Wildman–Crippen LogP) is 1.57. The van der Waals surface area contributed by atoms with E-state index in [2.05, 4.69) is 0 Å². The first-order valence-electron chi connectivity index (χ1n) is 3.12. The van der Waals surface area contributed by atoms with Gasteiger partial charge in [-0.05, 0) is 5.92 Å². The monoisotopic (exact) mass is 155 g/mol. The van der Waals surface area contributed by atoms with Crippen molar-refractivity contribution in [1.82, 2.24) is 0 Å². The molecule has 2 N–H and O–H groups in total. The molecule has 0 saturated carbocycles. The number of halogens is 3. The highest BCUT2D eigenvalue weighted by molar-refractivity contribution is 4.86. The Balaban J connectivity index is 4.23. The maximum atomic E-state index is 12.9. The zero-order chi connectivity index (χ0) is 8.36. The molecule has 0 rings (SSSR count). The fraction of sp³-hybridized carbons (Fsp3) is 1.00. The van der Waals surface area contributed by atoms with Crippen LogP contribution in [-0.4, -0.2) is 18.6 Å². The molecule has 0 aromatic rings. The molecule has 0 aliphatic carbocycles. The van der Waals surface area contributed by atoms with Crippen LogP contribution in [0.2, 0.25) is 0 Å². The lowest BCUT2D eigenvalue weighted by atomic mass is 9.93. The molecule has 0 heterocycles. The Labute approximate surface area is 58.4 Å². The van der Waals surface area contributed by atoms with Crippen LogP contribution in [0, 0.1) is 5.92 Å². The fourth-order valence-electron chi connectivity index (χ4n) is 0.577. The van der Waals surface area contributed by atoms with E-state index >= 15 is 0 Å². The van der Waals surface area contributed by atoms with Crippen LogP contribution in [0.5, 0.6) is 0 Å². The Morgan fingerprint density at radius 2 is 1.80 bits per heavy atom. The Morgan fingerprint density at radius 3 is 1.80 bits per heavy atom. The standard InChI is InChI=1S/C6H12F3N/c1-4(2)6(9,3-10)5(7)8/h4-5H,3,10H2,1-2H3. The summed E-state index contributed by atoms with van der Waals surface area (Å²) in [4.78, 5) is 0. The summed E-state index contributed by atoms with van der Waals surface area (Å²) in [5.41, 5.74) is 2.34. The van der Waals surface area contributed by atoms with Crippen LogP contribution in [0.1, 0.15) is 13.8 Å². The summed E-state index contributed by atoms with van der Waals surface area (Å²) in [7, 11) is 0. The van der Waals surface area contributed by atoms with Gasteiger partial charge in [0.15, 0.2) is 5.67 Å². The molecule has 0 saturated heterocycles. The Bertz CT molecular complexity index is 95.2. The van der Waals surface area contributed by atoms with E-state index in [1.54, 1.807) is 0 Å². The highest BCUT2D eigenvalue weighted by Gasteiger charge is 2.41. The topological polar surface area (TPSA) is 26.0 Å². The summed E-state index contributed by atoms with van der Waals surface area (Å²) in [6, 6.07) is 0. The SMILES string of the molecule is CC(C)C(F)(CN)C(F)F. The van der Waals surface area contributed by atoms with Crippen LogP contribution in [0.25, 0.3) is 0 Å². The average Bonchev–Trinajstić information content (AvgIpc) is 1.85. The van der Waals surface area contributed by atoms with Gasteiger partial charge in [0.1, 0.15) is 0 Å². The number of hydrogen-bond acceptors (Lipinski definition) is 1. The van der Waals surface area contributed by atoms with Gasteiger partial charge in [-0.2, -0.15) is 0 Å². The maximum Gasteiger partial charge on any atom is 0.273 e. The van der Waals surface area contributed by atoms with Gasteiger partial charge < -0.3 is 5.73 Å². The first-order chi connectivity index (χ1) is 4.45. The third-order valence-electron chi connectivity index (χ3n) is 1.64. The molecule has 0 radical (unpaired) electrons. The minimum Gasteiger partial charge on any atom is -0.327 e. The number of hydrogen-bond donors (Lipinski definition) is 1. The minimum atomic E-state index is -2.99. The molecule has 0 amide bonds. The Kier molecular flexibility index (Phi) is 3.15. The van der Waals surface area contributed by atoms with Crippen LogP contribution in [0.3, 0.4) is 0 Å². The van der Waals surface area contributed by atoms with E-state index in [1.807, 2.05) is 0 Å². The largest absolute Gasteiger partial charge is 0.327 e. The molecular formula is C6H12F3N. The molecule has 0 aromatic heterocycles. The first-order valence-corrected chi connectivity index (χ1v) is 3.12. The lowest BCUT2D eigenvalue weighted by Crippen LogP contribution is -2.45. The lowest BCUT2D eigenvalue weighted by Gasteiger charge is -2.26. The molecule has 62 valence electrons. The van der Waals surface area contributed by atoms with E-state index in [1.165, 1.54) is 13.8 Å².